The van der Waals surface area contributed by atoms with E-state index >= 15 is 0 Å². The van der Waals surface area contributed by atoms with Crippen LogP contribution in [0.25, 0.3) is 0 Å². The lowest BCUT2D eigenvalue weighted by Gasteiger charge is -2.08. The van der Waals surface area contributed by atoms with Gasteiger partial charge in [-0.25, -0.2) is 4.79 Å². The fraction of sp³-hybridized carbons (Fsp3) is 0.182. The summed E-state index contributed by atoms with van der Waals surface area (Å²) in [6.07, 6.45) is 2.43. The minimum absolute atomic E-state index is 0. The number of hydrogen-bond acceptors (Lipinski definition) is 2. The number of hydrogen-bond donors (Lipinski definition) is 2. The van der Waals surface area contributed by atoms with Crippen molar-refractivity contribution in [3.63, 3.8) is 0 Å². The van der Waals surface area contributed by atoms with E-state index in [-0.39, 0.29) is 24.0 Å². The monoisotopic (exact) mass is 227 g/mol. The van der Waals surface area contributed by atoms with Gasteiger partial charge in [0.1, 0.15) is 0 Å². The van der Waals surface area contributed by atoms with Gasteiger partial charge in [-0.15, -0.1) is 19.0 Å². The molecule has 1 rings (SSSR count). The first kappa shape index (κ1) is 13.7. The van der Waals surface area contributed by atoms with Gasteiger partial charge >= 0.3 is 5.97 Å². The zero-order valence-corrected chi connectivity index (χ0v) is 9.04. The molecule has 0 spiro atoms. The zero-order chi connectivity index (χ0) is 10.6. The van der Waals surface area contributed by atoms with Crippen LogP contribution >= 0.6 is 12.4 Å². The molecule has 0 unspecified atom stereocenters. The normalized spacial score (nSPS) is 11.3. The van der Waals surface area contributed by atoms with E-state index in [0.717, 1.165) is 5.56 Å². The van der Waals surface area contributed by atoms with E-state index in [0.29, 0.717) is 6.42 Å². The third kappa shape index (κ3) is 3.73. The van der Waals surface area contributed by atoms with Gasteiger partial charge in [0.2, 0.25) is 0 Å². The third-order valence-electron chi connectivity index (χ3n) is 2.01. The Labute approximate surface area is 95.0 Å². The quantitative estimate of drug-likeness (QED) is 0.777. The lowest BCUT2D eigenvalue weighted by molar-refractivity contribution is 0.0697. The van der Waals surface area contributed by atoms with Gasteiger partial charge in [0, 0.05) is 6.04 Å². The largest absolute Gasteiger partial charge is 0.478 e. The van der Waals surface area contributed by atoms with E-state index in [1.54, 1.807) is 30.3 Å². The summed E-state index contributed by atoms with van der Waals surface area (Å²) in [4.78, 5) is 10.6. The maximum Gasteiger partial charge on any atom is 0.335 e. The Kier molecular flexibility index (Phi) is 5.67. The van der Waals surface area contributed by atoms with E-state index < -0.39 is 5.97 Å². The molecule has 1 atom stereocenters. The molecule has 1 aromatic carbocycles. The fourth-order valence-electron chi connectivity index (χ4n) is 1.19. The first-order chi connectivity index (χ1) is 6.65. The van der Waals surface area contributed by atoms with E-state index in [1.165, 1.54) is 0 Å². The number of carboxylic acid groups (broad SMARTS) is 1. The third-order valence-corrected chi connectivity index (χ3v) is 2.01. The highest BCUT2D eigenvalue weighted by Gasteiger charge is 2.05. The molecule has 0 heterocycles. The molecule has 1 aromatic rings. The maximum absolute atomic E-state index is 10.6. The number of aromatic carboxylic acids is 1. The number of rotatable bonds is 4. The first-order valence-corrected chi connectivity index (χ1v) is 4.35. The summed E-state index contributed by atoms with van der Waals surface area (Å²) in [6, 6.07) is 6.48. The van der Waals surface area contributed by atoms with Gasteiger partial charge in [-0.3, -0.25) is 0 Å². The Morgan fingerprint density at radius 2 is 2.00 bits per heavy atom. The predicted molar refractivity (Wildman–Crippen MR) is 62.4 cm³/mol. The molecule has 0 amide bonds. The molecule has 0 saturated heterocycles. The van der Waals surface area contributed by atoms with Crippen LogP contribution in [0.5, 0.6) is 0 Å². The highest BCUT2D eigenvalue weighted by Crippen LogP contribution is 2.14. The van der Waals surface area contributed by atoms with E-state index in [2.05, 4.69) is 6.58 Å². The highest BCUT2D eigenvalue weighted by atomic mass is 35.5. The van der Waals surface area contributed by atoms with Crippen LogP contribution in [-0.4, -0.2) is 11.1 Å². The van der Waals surface area contributed by atoms with Gasteiger partial charge in [-0.05, 0) is 24.1 Å². The molecule has 82 valence electrons. The SMILES string of the molecule is C=CC[C@@H](N)c1ccc(C(=O)O)cc1.Cl. The Bertz CT molecular complexity index is 335. The van der Waals surface area contributed by atoms with Crippen molar-refractivity contribution < 1.29 is 9.90 Å². The standard InChI is InChI=1S/C11H13NO2.ClH/c1-2-3-10(12)8-4-6-9(7-5-8)11(13)14;/h2,4-7,10H,1,3,12H2,(H,13,14);1H/t10-;/m1./s1. The molecule has 0 aliphatic heterocycles. The lowest BCUT2D eigenvalue weighted by atomic mass is 10.0. The van der Waals surface area contributed by atoms with Crippen LogP contribution < -0.4 is 5.73 Å². The van der Waals surface area contributed by atoms with Gasteiger partial charge < -0.3 is 10.8 Å². The summed E-state index contributed by atoms with van der Waals surface area (Å²) in [7, 11) is 0. The molecular weight excluding hydrogens is 214 g/mol. The molecular formula is C11H14ClNO2. The van der Waals surface area contributed by atoms with Gasteiger partial charge in [-0.1, -0.05) is 18.2 Å². The minimum atomic E-state index is -0.922. The summed E-state index contributed by atoms with van der Waals surface area (Å²) >= 11 is 0. The molecule has 0 aliphatic carbocycles. The lowest BCUT2D eigenvalue weighted by Crippen LogP contribution is -2.09. The second-order valence-electron chi connectivity index (χ2n) is 3.06. The van der Waals surface area contributed by atoms with Gasteiger partial charge in [-0.2, -0.15) is 0 Å². The van der Waals surface area contributed by atoms with Gasteiger partial charge in [0.15, 0.2) is 0 Å². The molecule has 0 fully saturated rings. The Hall–Kier alpha value is -1.32. The summed E-state index contributed by atoms with van der Waals surface area (Å²) in [5.74, 6) is -0.922. The molecule has 4 heteroatoms. The van der Waals surface area contributed by atoms with E-state index in [4.69, 9.17) is 10.8 Å². The van der Waals surface area contributed by atoms with Crippen molar-refractivity contribution in [2.24, 2.45) is 5.73 Å². The van der Waals surface area contributed by atoms with Crippen molar-refractivity contribution in [1.82, 2.24) is 0 Å². The van der Waals surface area contributed by atoms with Crippen molar-refractivity contribution in [1.29, 1.82) is 0 Å². The van der Waals surface area contributed by atoms with E-state index in [1.807, 2.05) is 0 Å². The van der Waals surface area contributed by atoms with Crippen LogP contribution in [0.4, 0.5) is 0 Å². The summed E-state index contributed by atoms with van der Waals surface area (Å²) in [5, 5.41) is 8.67. The number of halogens is 1. The van der Waals surface area contributed by atoms with Gasteiger partial charge in [0.05, 0.1) is 5.56 Å². The van der Waals surface area contributed by atoms with Crippen molar-refractivity contribution in [3.8, 4) is 0 Å². The molecule has 3 N–H and O–H groups in total. The number of nitrogens with two attached hydrogens (primary N) is 1. The van der Waals surface area contributed by atoms with Crippen molar-refractivity contribution in [3.05, 3.63) is 48.0 Å². The minimum Gasteiger partial charge on any atom is -0.478 e. The number of benzene rings is 1. The molecule has 0 aliphatic rings. The summed E-state index contributed by atoms with van der Waals surface area (Å²) < 4.78 is 0. The topological polar surface area (TPSA) is 63.3 Å². The first-order valence-electron chi connectivity index (χ1n) is 4.35. The molecule has 3 nitrogen and oxygen atoms in total. The van der Waals surface area contributed by atoms with Crippen molar-refractivity contribution in [2.45, 2.75) is 12.5 Å². The molecule has 0 bridgehead atoms. The molecule has 0 saturated carbocycles. The molecule has 0 radical (unpaired) electrons. The van der Waals surface area contributed by atoms with E-state index in [9.17, 15) is 4.79 Å². The second kappa shape index (κ2) is 6.22. The molecule has 0 aromatic heterocycles. The predicted octanol–water partition coefficient (Wildman–Crippen LogP) is 2.38. The van der Waals surface area contributed by atoms with Crippen molar-refractivity contribution in [2.75, 3.05) is 0 Å². The summed E-state index contributed by atoms with van der Waals surface area (Å²) in [5.41, 5.74) is 7.02. The zero-order valence-electron chi connectivity index (χ0n) is 8.22. The number of carbonyl (C=O) groups is 1. The van der Waals surface area contributed by atoms with Crippen molar-refractivity contribution >= 4 is 18.4 Å². The fourth-order valence-corrected chi connectivity index (χ4v) is 1.19. The Balaban J connectivity index is 0.00000196. The van der Waals surface area contributed by atoms with Crippen LogP contribution in [-0.2, 0) is 0 Å². The maximum atomic E-state index is 10.6. The van der Waals surface area contributed by atoms with Crippen LogP contribution in [0, 0.1) is 0 Å². The second-order valence-corrected chi connectivity index (χ2v) is 3.06. The van der Waals surface area contributed by atoms with Crippen LogP contribution in [0.1, 0.15) is 28.4 Å². The summed E-state index contributed by atoms with van der Waals surface area (Å²) in [6.45, 7) is 3.60. The molecule has 15 heavy (non-hydrogen) atoms. The highest BCUT2D eigenvalue weighted by molar-refractivity contribution is 5.87. The van der Waals surface area contributed by atoms with Gasteiger partial charge in [0.25, 0.3) is 0 Å². The van der Waals surface area contributed by atoms with Crippen LogP contribution in [0.3, 0.4) is 0 Å². The average Bonchev–Trinajstić information content (AvgIpc) is 2.18. The number of carboxylic acids is 1. The average molecular weight is 228 g/mol. The Morgan fingerprint density at radius 3 is 2.40 bits per heavy atom. The smallest absolute Gasteiger partial charge is 0.335 e. The van der Waals surface area contributed by atoms with Crippen LogP contribution in [0.15, 0.2) is 36.9 Å². The van der Waals surface area contributed by atoms with Crippen LogP contribution in [0.2, 0.25) is 0 Å². The Morgan fingerprint density at radius 1 is 1.47 bits per heavy atom.